The highest BCUT2D eigenvalue weighted by Gasteiger charge is 2.63. The van der Waals surface area contributed by atoms with Crippen molar-refractivity contribution < 1.29 is 159 Å². The first kappa shape index (κ1) is 76.1. The smallest absolute Gasteiger partial charge is 0.430 e. The molecule has 0 aromatic rings. The fourth-order valence-electron chi connectivity index (χ4n) is 9.92. The van der Waals surface area contributed by atoms with Gasteiger partial charge in [-0.1, -0.05) is 20.5 Å². The Morgan fingerprint density at radius 1 is 0.616 bits per heavy atom. The number of carbonyl (C=O) groups excluding carboxylic acids is 4. The van der Waals surface area contributed by atoms with E-state index in [2.05, 4.69) is 18.9 Å². The van der Waals surface area contributed by atoms with E-state index in [1.807, 2.05) is 6.66 Å². The van der Waals surface area contributed by atoms with Gasteiger partial charge in [-0.05, 0) is 55.4 Å². The molecule has 0 aromatic heterocycles. The third-order valence-electron chi connectivity index (χ3n) is 14.3. The van der Waals surface area contributed by atoms with Crippen molar-refractivity contribution in [3.8, 4) is 0 Å². The minimum absolute atomic E-state index is 0. The molecule has 10 rings (SSSR count). The van der Waals surface area contributed by atoms with E-state index < -0.39 is 145 Å². The van der Waals surface area contributed by atoms with Gasteiger partial charge < -0.3 is 142 Å². The number of aliphatic hydroxyl groups excluding tert-OH is 10. The normalized spacial score (nSPS) is 42.0. The van der Waals surface area contributed by atoms with Crippen LogP contribution in [-0.4, -0.2) is 292 Å². The number of ether oxygens (including phenoxy) is 16. The number of esters is 2. The molecule has 0 amide bonds. The topological polar surface area (TPSA) is 459 Å². The summed E-state index contributed by atoms with van der Waals surface area (Å²) in [5.41, 5.74) is 0. The van der Waals surface area contributed by atoms with Gasteiger partial charge in [0, 0.05) is 47.0 Å². The minimum Gasteiger partial charge on any atom is -0.430 e. The summed E-state index contributed by atoms with van der Waals surface area (Å²) in [5.74, 6) is -9.09. The maximum atomic E-state index is 12.3. The first-order valence-electron chi connectivity index (χ1n) is 28.4. The Morgan fingerprint density at radius 2 is 1.06 bits per heavy atom. The van der Waals surface area contributed by atoms with E-state index in [1.54, 1.807) is 55.4 Å². The van der Waals surface area contributed by atoms with E-state index in [1.165, 1.54) is 35.2 Å². The van der Waals surface area contributed by atoms with E-state index in [-0.39, 0.29) is 84.7 Å². The van der Waals surface area contributed by atoms with Gasteiger partial charge in [-0.3, -0.25) is 14.4 Å². The molecule has 0 aromatic carbocycles. The van der Waals surface area contributed by atoms with Crippen molar-refractivity contribution in [3.05, 3.63) is 0 Å². The quantitative estimate of drug-likeness (QED) is 0.0699. The van der Waals surface area contributed by atoms with Crippen LogP contribution in [0, 0.1) is 0 Å². The molecule has 0 aliphatic carbocycles. The first-order chi connectivity index (χ1) is 40.3. The van der Waals surface area contributed by atoms with Gasteiger partial charge >= 0.3 is 14.8 Å². The van der Waals surface area contributed by atoms with Gasteiger partial charge in [0.15, 0.2) is 41.3 Å². The van der Waals surface area contributed by atoms with Crippen LogP contribution in [0.15, 0.2) is 0 Å². The lowest BCUT2D eigenvalue weighted by Gasteiger charge is -2.41. The molecule has 10 fully saturated rings. The summed E-state index contributed by atoms with van der Waals surface area (Å²) < 4.78 is 89.2. The second-order valence-electron chi connectivity index (χ2n) is 22.4. The van der Waals surface area contributed by atoms with Crippen molar-refractivity contribution in [2.75, 3.05) is 61.0 Å². The third kappa shape index (κ3) is 19.8. The average Bonchev–Trinajstić information content (AvgIpc) is 1.77. The predicted molar refractivity (Wildman–Crippen MR) is 292 cm³/mol. The summed E-state index contributed by atoms with van der Waals surface area (Å²) in [6.45, 7) is 18.4. The van der Waals surface area contributed by atoms with E-state index in [0.717, 1.165) is 0 Å². The number of ketones is 2. The molecule has 0 saturated carbocycles. The van der Waals surface area contributed by atoms with Crippen LogP contribution in [0.25, 0.3) is 0 Å². The number of carbonyl (C=O) groups is 4. The van der Waals surface area contributed by atoms with Crippen molar-refractivity contribution in [3.63, 3.8) is 0 Å². The largest absolute Gasteiger partial charge is 1.00 e. The summed E-state index contributed by atoms with van der Waals surface area (Å²) in [7, 11) is 4.87. The molecular formula is C53H97O32P+2. The van der Waals surface area contributed by atoms with Gasteiger partial charge in [0.1, 0.15) is 91.2 Å². The van der Waals surface area contributed by atoms with Crippen LogP contribution in [0.2, 0.25) is 0 Å². The molecule has 5 unspecified atom stereocenters. The molecular weight excluding hydrogens is 1180 g/mol. The summed E-state index contributed by atoms with van der Waals surface area (Å²) >= 11 is 0. The molecule has 10 aliphatic heterocycles. The Kier molecular flexibility index (Phi) is 29.0. The van der Waals surface area contributed by atoms with E-state index in [4.69, 9.17) is 88.8 Å². The second-order valence-corrected chi connectivity index (χ2v) is 22.4. The van der Waals surface area contributed by atoms with Crippen LogP contribution < -0.4 is 0 Å². The molecule has 10 aliphatic rings. The fraction of sp³-hybridized carbons (Fsp3) is 0.925. The van der Waals surface area contributed by atoms with Gasteiger partial charge in [-0.25, -0.2) is 0 Å². The summed E-state index contributed by atoms with van der Waals surface area (Å²) in [6, 6.07) is 0. The molecule has 10 heterocycles. The second kappa shape index (κ2) is 32.8. The SMILES string of the molecule is CC(C)=O.CC1(C)OC2C(=O)[C@@]3(CCC(=O)O3)OC[C@H]2O1.CC1(C)OC2[C@@H](CO[C@]3(CCC(=O)O3)[C@H]2O)O1.CC[C@@]1(O)OC[C@@H](O)[C@@H](O)[C@@H]1O.CC[C@@]1(O)OC[C@H]2OC(C)(C)OC2[C@@H]1O.COC(OC)OC.OC[C@H]1OC(O)[C@H](O)[C@@H](O)[C@@H]1O.[2H]PC.[H+].[H+]. The number of methoxy groups -OCH3 is 3. The monoisotopic (exact) mass is 1280 g/mol. The number of hydrogen-bond donors (Lipinski definition) is 12. The van der Waals surface area contributed by atoms with E-state index in [9.17, 15) is 49.8 Å². The lowest BCUT2D eigenvalue weighted by Crippen LogP contribution is -2.60. The molecule has 12 N–H and O–H groups in total. The van der Waals surface area contributed by atoms with Crippen LogP contribution in [0.5, 0.6) is 0 Å². The summed E-state index contributed by atoms with van der Waals surface area (Å²) in [6.07, 6.45) is -14.2. The molecule has 2 spiro atoms. The van der Waals surface area contributed by atoms with E-state index in [0.29, 0.717) is 22.0 Å². The number of Topliss-reactive ketones (excluding diaryl/α,β-unsaturated/α-hetero) is 2. The Hall–Kier alpha value is -2.33. The van der Waals surface area contributed by atoms with Gasteiger partial charge in [0.05, 0.1) is 47.2 Å². The van der Waals surface area contributed by atoms with Crippen molar-refractivity contribution in [2.24, 2.45) is 0 Å². The Labute approximate surface area is 505 Å². The van der Waals surface area contributed by atoms with Crippen molar-refractivity contribution in [1.29, 1.82) is 1.28 Å². The molecule has 33 heteroatoms. The van der Waals surface area contributed by atoms with Crippen LogP contribution in [0.4, 0.5) is 0 Å². The number of fused-ring (bicyclic) bond motifs is 3. The molecule has 21 atom stereocenters. The van der Waals surface area contributed by atoms with Gasteiger partial charge in [-0.2, -0.15) is 0 Å². The van der Waals surface area contributed by atoms with Gasteiger partial charge in [0.25, 0.3) is 12.3 Å². The van der Waals surface area contributed by atoms with Gasteiger partial charge in [-0.15, -0.1) is 9.18 Å². The number of hydrogen-bond acceptors (Lipinski definition) is 32. The third-order valence-corrected chi connectivity index (χ3v) is 14.3. The minimum atomic E-state index is -1.72. The lowest BCUT2D eigenvalue weighted by molar-refractivity contribution is -0.321. The molecule has 504 valence electrons. The molecule has 0 radical (unpaired) electrons. The van der Waals surface area contributed by atoms with E-state index >= 15 is 0 Å². The summed E-state index contributed by atoms with van der Waals surface area (Å²) in [5, 5.41) is 112. The summed E-state index contributed by atoms with van der Waals surface area (Å²) in [4.78, 5) is 44.1. The molecule has 86 heavy (non-hydrogen) atoms. The van der Waals surface area contributed by atoms with Crippen molar-refractivity contribution in [1.82, 2.24) is 0 Å². The maximum absolute atomic E-state index is 12.3. The zero-order chi connectivity index (χ0) is 66.4. The maximum Gasteiger partial charge on any atom is 1.00 e. The van der Waals surface area contributed by atoms with Crippen molar-refractivity contribution >= 4 is 32.7 Å². The zero-order valence-corrected chi connectivity index (χ0v) is 52.1. The van der Waals surface area contributed by atoms with Crippen LogP contribution in [-0.2, 0) is 95.0 Å². The number of aliphatic hydroxyl groups is 12. The van der Waals surface area contributed by atoms with Crippen molar-refractivity contribution in [2.45, 2.75) is 253 Å². The molecule has 0 bridgehead atoms. The van der Waals surface area contributed by atoms with Crippen LogP contribution in [0.3, 0.4) is 0 Å². The highest BCUT2D eigenvalue weighted by molar-refractivity contribution is 7.15. The predicted octanol–water partition coefficient (Wildman–Crippen LogP) is -3.44. The molecule has 10 saturated heterocycles. The standard InChI is InChI=1S/C11H16O6.C11H14O6.C10H18O5.C7H14O5.C6H12O6.C4H10O3.C3H6O.CH5P/c2*1-10(2)15-6-5-14-11(4-3-7(12)16-11)9(13)8(6)17-10;1-4-10(12)8(11)7-6(5-13-10)14-9(2,3)15-7;1-2-7(11)6(10)5(9)4(8)3-12-7;7-1-2-3(8)4(9)5(10)6(11)12-2;1-5-4(6-2)7-3;1-3(2)4;1-2/h6,8-9,13H,3-5H2,1-2H3;6,8H,3-5H2,1-2H3;6-8,11-12H,4-5H2,1-3H3;4-6,8-11H,2-3H2,1H3;2-11H,1H2;4H,1-3H3;1-2H3;2H2,1H3/p+2/t6-,8?,9+,11+;6-,8?,11+;6-,7?,8+,10-;4-,5-,6+,7-;2-,3-,4+,5-,6?;;;/m11111.../s1/i;;;;;;;2D. The highest BCUT2D eigenvalue weighted by Crippen LogP contribution is 2.44. The highest BCUT2D eigenvalue weighted by atomic mass is 31.0. The fourth-order valence-corrected chi connectivity index (χ4v) is 9.92. The van der Waals surface area contributed by atoms with Gasteiger partial charge in [0.2, 0.25) is 11.6 Å². The first-order valence-corrected chi connectivity index (χ1v) is 28.9. The zero-order valence-electron chi connectivity index (χ0n) is 54.1. The van der Waals surface area contributed by atoms with Crippen LogP contribution >= 0.6 is 9.18 Å². The lowest BCUT2D eigenvalue weighted by atomic mass is 9.95. The Bertz CT molecular complexity index is 2140. The number of rotatable bonds is 6. The molecule has 32 nitrogen and oxygen atoms in total. The average molecular weight is 1280 g/mol. The van der Waals surface area contributed by atoms with Crippen LogP contribution in [0.1, 0.15) is 111 Å². The Morgan fingerprint density at radius 3 is 1.51 bits per heavy atom. The Balaban J connectivity index is 0.000000528.